The van der Waals surface area contributed by atoms with Crippen LogP contribution in [0.2, 0.25) is 0 Å². The van der Waals surface area contributed by atoms with E-state index in [9.17, 15) is 19.2 Å². The first-order valence-corrected chi connectivity index (χ1v) is 6.95. The van der Waals surface area contributed by atoms with Crippen molar-refractivity contribution >= 4 is 23.7 Å². The molecule has 23 heavy (non-hydrogen) atoms. The molecule has 0 atom stereocenters. The van der Waals surface area contributed by atoms with Gasteiger partial charge in [-0.3, -0.25) is 9.59 Å². The van der Waals surface area contributed by atoms with Crippen LogP contribution in [0.25, 0.3) is 0 Å². The highest BCUT2D eigenvalue weighted by Crippen LogP contribution is 2.28. The summed E-state index contributed by atoms with van der Waals surface area (Å²) < 4.78 is 14.2. The van der Waals surface area contributed by atoms with Crippen LogP contribution in [0.15, 0.2) is 35.6 Å². The minimum Gasteiger partial charge on any atom is -0.462 e. The van der Waals surface area contributed by atoms with Gasteiger partial charge in [0.2, 0.25) is 17.3 Å². The quantitative estimate of drug-likeness (QED) is 0.619. The second-order valence-electron chi connectivity index (χ2n) is 4.41. The zero-order chi connectivity index (χ0) is 17.0. The van der Waals surface area contributed by atoms with Crippen LogP contribution in [-0.4, -0.2) is 36.9 Å². The van der Waals surface area contributed by atoms with Crippen LogP contribution in [0, 0.1) is 0 Å². The monoisotopic (exact) mass is 318 g/mol. The summed E-state index contributed by atoms with van der Waals surface area (Å²) in [7, 11) is 0. The first-order valence-electron chi connectivity index (χ1n) is 6.95. The van der Waals surface area contributed by atoms with Gasteiger partial charge < -0.3 is 14.2 Å². The van der Waals surface area contributed by atoms with Gasteiger partial charge in [0.25, 0.3) is 0 Å². The van der Waals surface area contributed by atoms with Crippen LogP contribution in [0.4, 0.5) is 4.79 Å². The molecule has 0 N–H and O–H groups in total. The first-order chi connectivity index (χ1) is 11.0. The lowest BCUT2D eigenvalue weighted by Gasteiger charge is -2.19. The molecule has 1 aromatic rings. The number of allylic oxidation sites excluding steroid dienone is 1. The SMILES string of the molecule is CCOC(=O)OC1=C(C(=O)OCC)C(=O)c2ccccc2C1=O. The fourth-order valence-electron chi connectivity index (χ4n) is 2.07. The van der Waals surface area contributed by atoms with Crippen molar-refractivity contribution in [1.29, 1.82) is 0 Å². The van der Waals surface area contributed by atoms with Gasteiger partial charge in [-0.05, 0) is 13.8 Å². The molecule has 0 amide bonds. The Hall–Kier alpha value is -2.96. The summed E-state index contributed by atoms with van der Waals surface area (Å²) in [6.45, 7) is 3.11. The molecule has 2 rings (SSSR count). The maximum atomic E-state index is 12.5. The Kier molecular flexibility index (Phi) is 4.90. The lowest BCUT2D eigenvalue weighted by atomic mass is 9.88. The van der Waals surface area contributed by atoms with Crippen LogP contribution in [0.3, 0.4) is 0 Å². The van der Waals surface area contributed by atoms with Gasteiger partial charge in [-0.2, -0.15) is 0 Å². The maximum absolute atomic E-state index is 12.5. The van der Waals surface area contributed by atoms with E-state index in [1.165, 1.54) is 12.1 Å². The number of ether oxygens (including phenoxy) is 3. The lowest BCUT2D eigenvalue weighted by Crippen LogP contribution is -2.30. The summed E-state index contributed by atoms with van der Waals surface area (Å²) in [6.07, 6.45) is -1.18. The lowest BCUT2D eigenvalue weighted by molar-refractivity contribution is -0.138. The van der Waals surface area contributed by atoms with E-state index in [1.807, 2.05) is 0 Å². The van der Waals surface area contributed by atoms with Crippen molar-refractivity contribution in [2.75, 3.05) is 13.2 Å². The predicted molar refractivity (Wildman–Crippen MR) is 76.9 cm³/mol. The van der Waals surface area contributed by atoms with Crippen molar-refractivity contribution in [2.24, 2.45) is 0 Å². The second kappa shape index (κ2) is 6.87. The molecule has 1 aliphatic rings. The molecular weight excluding hydrogens is 304 g/mol. The average molecular weight is 318 g/mol. The molecule has 1 aromatic carbocycles. The van der Waals surface area contributed by atoms with Gasteiger partial charge in [-0.25, -0.2) is 9.59 Å². The van der Waals surface area contributed by atoms with Gasteiger partial charge in [-0.15, -0.1) is 0 Å². The normalized spacial score (nSPS) is 13.5. The highest BCUT2D eigenvalue weighted by atomic mass is 16.7. The van der Waals surface area contributed by atoms with E-state index in [0.717, 1.165) is 0 Å². The number of fused-ring (bicyclic) bond motifs is 1. The van der Waals surface area contributed by atoms with E-state index in [0.29, 0.717) is 0 Å². The molecule has 1 aliphatic carbocycles. The molecule has 120 valence electrons. The molecule has 0 saturated carbocycles. The number of carbonyl (C=O) groups is 4. The Labute approximate surface area is 131 Å². The van der Waals surface area contributed by atoms with Crippen molar-refractivity contribution in [3.05, 3.63) is 46.7 Å². The fraction of sp³-hybridized carbons (Fsp3) is 0.250. The van der Waals surface area contributed by atoms with E-state index in [1.54, 1.807) is 26.0 Å². The maximum Gasteiger partial charge on any atom is 0.513 e. The number of rotatable bonds is 4. The predicted octanol–water partition coefficient (Wildman–Crippen LogP) is 2.06. The fourth-order valence-corrected chi connectivity index (χ4v) is 2.07. The first kappa shape index (κ1) is 16.4. The minimum absolute atomic E-state index is 0.00185. The number of Topliss-reactive ketones (excluding diaryl/α,β-unsaturated/α-hetero) is 2. The number of carbonyl (C=O) groups excluding carboxylic acids is 4. The Morgan fingerprint density at radius 2 is 1.48 bits per heavy atom. The van der Waals surface area contributed by atoms with Gasteiger partial charge in [0, 0.05) is 11.1 Å². The number of hydrogen-bond donors (Lipinski definition) is 0. The van der Waals surface area contributed by atoms with Crippen LogP contribution in [0.1, 0.15) is 34.6 Å². The highest BCUT2D eigenvalue weighted by Gasteiger charge is 2.39. The van der Waals surface area contributed by atoms with Crippen LogP contribution >= 0.6 is 0 Å². The number of benzene rings is 1. The summed E-state index contributed by atoms with van der Waals surface area (Å²) in [6, 6.07) is 5.94. The number of esters is 1. The van der Waals surface area contributed by atoms with E-state index >= 15 is 0 Å². The van der Waals surface area contributed by atoms with Crippen LogP contribution in [0.5, 0.6) is 0 Å². The smallest absolute Gasteiger partial charge is 0.462 e. The number of hydrogen-bond acceptors (Lipinski definition) is 7. The van der Waals surface area contributed by atoms with Gasteiger partial charge in [0.15, 0.2) is 5.57 Å². The molecule has 7 nitrogen and oxygen atoms in total. The molecule has 0 heterocycles. The third-order valence-electron chi connectivity index (χ3n) is 3.00. The van der Waals surface area contributed by atoms with Crippen molar-refractivity contribution < 1.29 is 33.4 Å². The summed E-state index contributed by atoms with van der Waals surface area (Å²) >= 11 is 0. The van der Waals surface area contributed by atoms with Crippen molar-refractivity contribution in [3.63, 3.8) is 0 Å². The molecule has 7 heteroatoms. The summed E-state index contributed by atoms with van der Waals surface area (Å²) in [5.41, 5.74) is -0.509. The van der Waals surface area contributed by atoms with E-state index < -0.39 is 35.0 Å². The van der Waals surface area contributed by atoms with Crippen LogP contribution in [-0.2, 0) is 19.0 Å². The number of ketones is 2. The standard InChI is InChI=1S/C16H14O7/c1-3-21-15(19)11-12(17)9-7-5-6-8-10(9)13(18)14(11)23-16(20)22-4-2/h5-8H,3-4H2,1-2H3. The van der Waals surface area contributed by atoms with Gasteiger partial charge >= 0.3 is 12.1 Å². The van der Waals surface area contributed by atoms with E-state index in [-0.39, 0.29) is 24.3 Å². The Morgan fingerprint density at radius 3 is 2.04 bits per heavy atom. The van der Waals surface area contributed by atoms with Crippen molar-refractivity contribution in [2.45, 2.75) is 13.8 Å². The Morgan fingerprint density at radius 1 is 0.913 bits per heavy atom. The summed E-state index contributed by atoms with van der Waals surface area (Å²) in [5.74, 6) is -3.19. The summed E-state index contributed by atoms with van der Waals surface area (Å²) in [4.78, 5) is 48.5. The zero-order valence-electron chi connectivity index (χ0n) is 12.6. The van der Waals surface area contributed by atoms with Gasteiger partial charge in [0.05, 0.1) is 13.2 Å². The third-order valence-corrected chi connectivity index (χ3v) is 3.00. The average Bonchev–Trinajstić information content (AvgIpc) is 2.53. The Bertz CT molecular complexity index is 715. The van der Waals surface area contributed by atoms with Crippen molar-refractivity contribution in [3.8, 4) is 0 Å². The molecular formula is C16H14O7. The topological polar surface area (TPSA) is 96.0 Å². The van der Waals surface area contributed by atoms with E-state index in [2.05, 4.69) is 4.74 Å². The highest BCUT2D eigenvalue weighted by molar-refractivity contribution is 6.35. The van der Waals surface area contributed by atoms with Gasteiger partial charge in [-0.1, -0.05) is 24.3 Å². The van der Waals surface area contributed by atoms with Gasteiger partial charge in [0.1, 0.15) is 0 Å². The Balaban J connectivity index is 2.54. The third kappa shape index (κ3) is 3.13. The summed E-state index contributed by atoms with van der Waals surface area (Å²) in [5, 5.41) is 0. The van der Waals surface area contributed by atoms with Crippen molar-refractivity contribution in [1.82, 2.24) is 0 Å². The molecule has 0 fully saturated rings. The van der Waals surface area contributed by atoms with Crippen LogP contribution < -0.4 is 0 Å². The molecule has 0 aliphatic heterocycles. The molecule has 0 radical (unpaired) electrons. The largest absolute Gasteiger partial charge is 0.513 e. The molecule has 0 spiro atoms. The molecule has 0 saturated heterocycles. The van der Waals surface area contributed by atoms with E-state index in [4.69, 9.17) is 9.47 Å². The second-order valence-corrected chi connectivity index (χ2v) is 4.41. The molecule has 0 aromatic heterocycles. The minimum atomic E-state index is -1.18. The molecule has 0 bridgehead atoms. The molecule has 0 unspecified atom stereocenters. The zero-order valence-corrected chi connectivity index (χ0v) is 12.6.